The van der Waals surface area contributed by atoms with Crippen LogP contribution >= 0.6 is 0 Å². The van der Waals surface area contributed by atoms with Crippen LogP contribution in [0.5, 0.6) is 0 Å². The topological polar surface area (TPSA) is 171 Å². The van der Waals surface area contributed by atoms with Crippen LogP contribution in [0.1, 0.15) is 77.1 Å². The summed E-state index contributed by atoms with van der Waals surface area (Å²) in [5.74, 6) is 2.36. The van der Waals surface area contributed by atoms with Crippen molar-refractivity contribution in [2.75, 3.05) is 88.2 Å². The molecule has 15 nitrogen and oxygen atoms in total. The van der Waals surface area contributed by atoms with Gasteiger partial charge in [-0.25, -0.2) is 19.9 Å². The summed E-state index contributed by atoms with van der Waals surface area (Å²) < 4.78 is 37.8. The Morgan fingerprint density at radius 3 is 1.40 bits per heavy atom. The fourth-order valence-electron chi connectivity index (χ4n) is 10.7. The number of cyclic esters (lactones) is 2. The highest BCUT2D eigenvalue weighted by Gasteiger charge is 2.61. The highest BCUT2D eigenvalue weighted by molar-refractivity contribution is 6.06. The fourth-order valence-corrected chi connectivity index (χ4v) is 10.7. The average Bonchev–Trinajstić information content (AvgIpc) is 4.16. The third kappa shape index (κ3) is 9.06. The minimum absolute atomic E-state index is 0. The maximum absolute atomic E-state index is 12.8. The molecule has 4 aliphatic carbocycles. The van der Waals surface area contributed by atoms with E-state index in [2.05, 4.69) is 34.5 Å². The molecule has 2 aromatic rings. The van der Waals surface area contributed by atoms with E-state index in [1.54, 1.807) is 36.9 Å². The molecule has 4 saturated carbocycles. The molecule has 15 heteroatoms. The Hall–Kier alpha value is -4.08. The van der Waals surface area contributed by atoms with Crippen molar-refractivity contribution in [1.29, 1.82) is 0 Å². The van der Waals surface area contributed by atoms with Crippen molar-refractivity contribution in [3.05, 3.63) is 36.9 Å². The van der Waals surface area contributed by atoms with E-state index in [1.807, 2.05) is 9.80 Å². The Morgan fingerprint density at radius 1 is 0.586 bits per heavy atom. The quantitative estimate of drug-likeness (QED) is 0.200. The number of piperazine rings is 2. The number of rotatable bonds is 11. The van der Waals surface area contributed by atoms with E-state index < -0.39 is 13.0 Å². The molecule has 316 valence electrons. The predicted molar refractivity (Wildman–Crippen MR) is 219 cm³/mol. The van der Waals surface area contributed by atoms with Crippen LogP contribution in [-0.4, -0.2) is 137 Å². The van der Waals surface area contributed by atoms with Crippen LogP contribution in [0, 0.1) is 47.3 Å². The van der Waals surface area contributed by atoms with E-state index in [0.717, 1.165) is 64.0 Å². The van der Waals surface area contributed by atoms with Gasteiger partial charge in [-0.3, -0.25) is 33.9 Å². The van der Waals surface area contributed by atoms with Crippen molar-refractivity contribution >= 4 is 35.6 Å². The molecule has 8 atom stereocenters. The number of carbonyl (C=O) groups excluding carboxylic acids is 4. The van der Waals surface area contributed by atoms with Gasteiger partial charge >= 0.3 is 11.9 Å². The number of hydrogen-bond donors (Lipinski definition) is 1. The average molecular weight is 805 g/mol. The van der Waals surface area contributed by atoms with Gasteiger partial charge in [-0.15, -0.1) is 0 Å². The number of likely N-dealkylation sites (tertiary alicyclic amines) is 1. The van der Waals surface area contributed by atoms with Crippen molar-refractivity contribution < 1.29 is 29.4 Å². The van der Waals surface area contributed by atoms with E-state index >= 15 is 0 Å². The lowest BCUT2D eigenvalue weighted by Crippen LogP contribution is -2.47. The molecule has 4 aliphatic heterocycles. The Kier molecular flexibility index (Phi) is 12.3. The third-order valence-corrected chi connectivity index (χ3v) is 13.5. The largest absolute Gasteiger partial charge is 0.393 e. The van der Waals surface area contributed by atoms with Gasteiger partial charge in [0.25, 0.3) is 0 Å². The molecule has 0 spiro atoms. The van der Waals surface area contributed by atoms with Crippen molar-refractivity contribution in [3.63, 3.8) is 0 Å². The summed E-state index contributed by atoms with van der Waals surface area (Å²) in [4.78, 5) is 74.4. The number of hydrogen-bond acceptors (Lipinski definition) is 14. The summed E-state index contributed by atoms with van der Waals surface area (Å²) in [5.41, 5.74) is 5.45. The zero-order chi connectivity index (χ0) is 42.9. The molecular formula is C43H64N10O5. The molecular weight excluding hydrogens is 737 g/mol. The van der Waals surface area contributed by atoms with Gasteiger partial charge < -0.3 is 20.3 Å². The number of esters is 2. The summed E-state index contributed by atoms with van der Waals surface area (Å²) in [7, 11) is 0. The molecule has 2 N–H and O–H groups in total. The third-order valence-electron chi connectivity index (χ3n) is 13.5. The zero-order valence-corrected chi connectivity index (χ0v) is 32.9. The highest BCUT2D eigenvalue weighted by atomic mass is 16.6. The summed E-state index contributed by atoms with van der Waals surface area (Å²) in [6.07, 6.45) is 15.5. The monoisotopic (exact) mass is 805 g/mol. The molecule has 8 aliphatic rings. The Bertz CT molecular complexity index is 1820. The van der Waals surface area contributed by atoms with Gasteiger partial charge in [0, 0.05) is 89.2 Å². The normalized spacial score (nSPS) is 32.5. The lowest BCUT2D eigenvalue weighted by atomic mass is 9.81. The lowest BCUT2D eigenvalue weighted by molar-refractivity contribution is -0.155. The first kappa shape index (κ1) is 37.0. The second-order valence-corrected chi connectivity index (χ2v) is 16.7. The summed E-state index contributed by atoms with van der Waals surface area (Å²) >= 11 is 0. The van der Waals surface area contributed by atoms with Crippen LogP contribution in [0.2, 0.25) is 0 Å². The highest BCUT2D eigenvalue weighted by Crippen LogP contribution is 2.56. The summed E-state index contributed by atoms with van der Waals surface area (Å²) in [6, 6.07) is 3.58. The predicted octanol–water partition coefficient (Wildman–Crippen LogP) is 3.12. The molecule has 4 saturated heterocycles. The lowest BCUT2D eigenvalue weighted by Gasteiger charge is -2.34. The fraction of sp³-hybridized carbons (Fsp3) is 0.721. The molecule has 4 bridgehead atoms. The Labute approximate surface area is 349 Å². The van der Waals surface area contributed by atoms with Gasteiger partial charge in [0.1, 0.15) is 0 Å². The van der Waals surface area contributed by atoms with E-state index in [-0.39, 0.29) is 54.9 Å². The van der Waals surface area contributed by atoms with E-state index in [0.29, 0.717) is 101 Å². The maximum Gasteiger partial charge on any atom is 0.317 e. The van der Waals surface area contributed by atoms with Crippen molar-refractivity contribution in [3.8, 4) is 0 Å². The van der Waals surface area contributed by atoms with Crippen LogP contribution in [-0.2, 0) is 23.9 Å². The second kappa shape index (κ2) is 19.3. The Morgan fingerprint density at radius 2 is 0.983 bits per heavy atom. The number of anilines is 2. The molecule has 0 unspecified atom stereocenters. The molecule has 0 radical (unpaired) electrons. The van der Waals surface area contributed by atoms with Crippen LogP contribution in [0.3, 0.4) is 0 Å². The number of ether oxygens (including phenoxy) is 1. The minimum atomic E-state index is -1.45. The molecule has 2 amide bonds. The van der Waals surface area contributed by atoms with Crippen LogP contribution in [0.25, 0.3) is 0 Å². The standard InChI is InChI=1S/C21H29N5O2.C12H21N5.C9H10O3.CH4/c27-19-17-15-4-5-16(14-15)18(17)20(28)26(19)9-2-1-8-24-10-12-25(13-11-24)21-22-6-3-7-23-21;13-4-1-2-7-16-8-10-17(11-9-16)12-14-5-3-6-15-12;10-8-6-4-1-2-5(3-4)7(6)9(11)12-8;/h3,6-7,15-18H,1-2,4-5,8-14H2;3,5-6H,1-2,4,7-11,13H2;4-7H,1-3H2;1H4/t15-,16+,17-,18+;;4-,5+,6-,7+;/i8D2;7D2;;. The Balaban J connectivity index is 0.000000154. The smallest absolute Gasteiger partial charge is 0.317 e. The molecule has 6 heterocycles. The number of imide groups is 1. The molecule has 10 rings (SSSR count). The van der Waals surface area contributed by atoms with Gasteiger partial charge in [-0.05, 0) is 120 Å². The van der Waals surface area contributed by atoms with Crippen molar-refractivity contribution in [2.24, 2.45) is 53.1 Å². The first-order valence-electron chi connectivity index (χ1n) is 23.2. The number of aromatic nitrogens is 4. The van der Waals surface area contributed by atoms with Gasteiger partial charge in [-0.2, -0.15) is 0 Å². The number of nitrogens with two attached hydrogens (primary N) is 1. The SMILES string of the molecule is C.O=C1OC(=O)[C@H]2[C@H]3CC[C@H](C3)[C@@H]12.[2H]C([2H])(CCCN)N1CCN(c2ncccn2)CC1.[2H]C([2H])(CCCN1C(=O)[C@@H]2[C@@H]3CC[C@@H](C3)[C@@H]2C1=O)N1CCN(c2ncccn2)CC1. The first-order valence-corrected chi connectivity index (χ1v) is 21.2. The number of nitrogens with zero attached hydrogens (tertiary/aromatic N) is 9. The van der Waals surface area contributed by atoms with Crippen molar-refractivity contribution in [2.45, 2.75) is 71.6 Å². The molecule has 8 fully saturated rings. The van der Waals surface area contributed by atoms with E-state index in [9.17, 15) is 19.2 Å². The summed E-state index contributed by atoms with van der Waals surface area (Å²) in [5, 5.41) is 0. The number of fused-ring (bicyclic) bond motifs is 10. The van der Waals surface area contributed by atoms with Gasteiger partial charge in [-0.1, -0.05) is 7.43 Å². The molecule has 0 aromatic carbocycles. The molecule has 58 heavy (non-hydrogen) atoms. The van der Waals surface area contributed by atoms with Crippen molar-refractivity contribution in [1.82, 2.24) is 34.6 Å². The zero-order valence-electron chi connectivity index (χ0n) is 36.9. The number of carbonyl (C=O) groups is 4. The van der Waals surface area contributed by atoms with Gasteiger partial charge in [0.15, 0.2) is 0 Å². The maximum atomic E-state index is 12.8. The summed E-state index contributed by atoms with van der Waals surface area (Å²) in [6.45, 7) is 3.62. The molecule has 2 aromatic heterocycles. The van der Waals surface area contributed by atoms with Gasteiger partial charge in [0.05, 0.1) is 23.7 Å². The van der Waals surface area contributed by atoms with Gasteiger partial charge in [0.2, 0.25) is 23.7 Å². The first-order chi connectivity index (χ1) is 29.4. The van der Waals surface area contributed by atoms with Crippen LogP contribution in [0.4, 0.5) is 11.9 Å². The minimum Gasteiger partial charge on any atom is -0.393 e. The number of amides is 2. The van der Waals surface area contributed by atoms with Crippen LogP contribution in [0.15, 0.2) is 36.9 Å². The second-order valence-electron chi connectivity index (χ2n) is 16.7. The van der Waals surface area contributed by atoms with E-state index in [1.165, 1.54) is 4.90 Å². The van der Waals surface area contributed by atoms with Crippen LogP contribution < -0.4 is 15.5 Å². The van der Waals surface area contributed by atoms with E-state index in [4.69, 9.17) is 11.2 Å².